The highest BCUT2D eigenvalue weighted by Crippen LogP contribution is 2.16. The number of azo groups is 1. The molecule has 0 aliphatic rings. The highest BCUT2D eigenvalue weighted by atomic mass is 32.1. The molecule has 2 aromatic carbocycles. The van der Waals surface area contributed by atoms with Crippen LogP contribution >= 0.6 is 11.3 Å². The van der Waals surface area contributed by atoms with E-state index in [4.69, 9.17) is 5.73 Å². The Morgan fingerprint density at radius 2 is 1.39 bits per heavy atom. The molecule has 1 aromatic heterocycles. The molecule has 23 heavy (non-hydrogen) atoms. The van der Waals surface area contributed by atoms with Crippen LogP contribution in [0.4, 0.5) is 11.4 Å². The summed E-state index contributed by atoms with van der Waals surface area (Å²) in [5.41, 5.74) is 8.56. The predicted molar refractivity (Wildman–Crippen MR) is 98.5 cm³/mol. The number of thiazole rings is 1. The minimum Gasteiger partial charge on any atom is -0.330 e. The van der Waals surface area contributed by atoms with Gasteiger partial charge in [-0.2, -0.15) is 10.2 Å². The minimum atomic E-state index is 0.819. The summed E-state index contributed by atoms with van der Waals surface area (Å²) in [6.07, 6.45) is 2.87. The van der Waals surface area contributed by atoms with E-state index in [0.29, 0.717) is 0 Å². The lowest BCUT2D eigenvalue weighted by Crippen LogP contribution is -1.93. The van der Waals surface area contributed by atoms with Crippen LogP contribution in [0.3, 0.4) is 0 Å². The van der Waals surface area contributed by atoms with Gasteiger partial charge in [-0.25, -0.2) is 0 Å². The van der Waals surface area contributed by atoms with Crippen LogP contribution in [0.25, 0.3) is 0 Å². The molecule has 0 aliphatic carbocycles. The molecule has 120 valence electrons. The Labute approximate surface area is 141 Å². The van der Waals surface area contributed by atoms with Gasteiger partial charge in [-0.3, -0.25) is 4.98 Å². The fourth-order valence-corrected chi connectivity index (χ4v) is 1.63. The predicted octanol–water partition coefficient (Wildman–Crippen LogP) is 5.60. The third-order valence-electron chi connectivity index (χ3n) is 2.43. The van der Waals surface area contributed by atoms with Gasteiger partial charge in [0.2, 0.25) is 0 Å². The molecular weight excluding hydrogens is 304 g/mol. The fraction of sp³-hybridized carbons (Fsp3) is 0.167. The zero-order valence-corrected chi connectivity index (χ0v) is 14.1. The maximum atomic E-state index is 5.03. The van der Waals surface area contributed by atoms with Crippen molar-refractivity contribution in [3.63, 3.8) is 0 Å². The van der Waals surface area contributed by atoms with E-state index in [-0.39, 0.29) is 0 Å². The molecule has 0 atom stereocenters. The molecule has 0 fully saturated rings. The van der Waals surface area contributed by atoms with Gasteiger partial charge in [0.25, 0.3) is 0 Å². The molecule has 3 aromatic rings. The summed E-state index contributed by atoms with van der Waals surface area (Å²) in [4.78, 5) is 3.74. The van der Waals surface area contributed by atoms with Crippen LogP contribution < -0.4 is 5.73 Å². The number of nitrogens with zero attached hydrogens (tertiary/aromatic N) is 3. The van der Waals surface area contributed by atoms with Crippen molar-refractivity contribution < 1.29 is 0 Å². The fourth-order valence-electron chi connectivity index (χ4n) is 1.28. The van der Waals surface area contributed by atoms with Crippen LogP contribution in [0.5, 0.6) is 0 Å². The van der Waals surface area contributed by atoms with Gasteiger partial charge in [0.1, 0.15) is 0 Å². The van der Waals surface area contributed by atoms with E-state index >= 15 is 0 Å². The van der Waals surface area contributed by atoms with Crippen LogP contribution in [-0.4, -0.2) is 11.5 Å². The van der Waals surface area contributed by atoms with Gasteiger partial charge in [0, 0.05) is 11.6 Å². The van der Waals surface area contributed by atoms with Crippen LogP contribution in [0.2, 0.25) is 0 Å². The number of hydrogen-bond donors (Lipinski definition) is 1. The van der Waals surface area contributed by atoms with Gasteiger partial charge in [-0.15, -0.1) is 11.3 Å². The highest BCUT2D eigenvalue weighted by Gasteiger charge is 1.86. The Kier molecular flexibility index (Phi) is 10.8. The molecule has 0 saturated carbocycles. The third-order valence-corrected chi connectivity index (χ3v) is 2.95. The summed E-state index contributed by atoms with van der Waals surface area (Å²) in [5.74, 6) is 0. The van der Waals surface area contributed by atoms with Crippen LogP contribution in [-0.2, 0) is 0 Å². The average molecular weight is 326 g/mol. The Balaban J connectivity index is 0.000000242. The van der Waals surface area contributed by atoms with Crippen molar-refractivity contribution in [3.05, 3.63) is 77.8 Å². The molecule has 0 unspecified atom stereocenters. The smallest absolute Gasteiger partial charge is 0.0857 e. The molecule has 0 amide bonds. The molecule has 0 saturated heterocycles. The van der Waals surface area contributed by atoms with Crippen molar-refractivity contribution in [2.75, 3.05) is 6.54 Å². The van der Waals surface area contributed by atoms with Gasteiger partial charge in [0.05, 0.1) is 16.9 Å². The van der Waals surface area contributed by atoms with E-state index in [1.165, 1.54) is 0 Å². The Morgan fingerprint density at radius 3 is 1.65 bits per heavy atom. The van der Waals surface area contributed by atoms with Gasteiger partial charge in [0.15, 0.2) is 0 Å². The molecular formula is C18H22N4S. The number of benzene rings is 2. The van der Waals surface area contributed by atoms with Gasteiger partial charge >= 0.3 is 0 Å². The maximum absolute atomic E-state index is 5.03. The number of rotatable bonds is 3. The number of nitrogens with two attached hydrogens (primary N) is 1. The second-order valence-electron chi connectivity index (χ2n) is 4.34. The maximum Gasteiger partial charge on any atom is 0.0857 e. The zero-order chi connectivity index (χ0) is 16.6. The van der Waals surface area contributed by atoms with Crippen molar-refractivity contribution in [1.29, 1.82) is 0 Å². The average Bonchev–Trinajstić information content (AvgIpc) is 3.22. The molecule has 4 nitrogen and oxygen atoms in total. The highest BCUT2D eigenvalue weighted by molar-refractivity contribution is 7.07. The SMILES string of the molecule is CCCN.c1ccc(N=Nc2ccccc2)cc1.c1cscn1. The number of hydrogen-bond acceptors (Lipinski definition) is 5. The van der Waals surface area contributed by atoms with E-state index < -0.39 is 0 Å². The molecule has 5 heteroatoms. The summed E-state index contributed by atoms with van der Waals surface area (Å²) in [6, 6.07) is 19.4. The monoisotopic (exact) mass is 326 g/mol. The van der Waals surface area contributed by atoms with Crippen LogP contribution in [0.15, 0.2) is 88.0 Å². The van der Waals surface area contributed by atoms with E-state index in [9.17, 15) is 0 Å². The topological polar surface area (TPSA) is 63.6 Å². The molecule has 1 heterocycles. The number of aromatic nitrogens is 1. The Bertz CT molecular complexity index is 549. The molecule has 2 N–H and O–H groups in total. The van der Waals surface area contributed by atoms with Gasteiger partial charge in [-0.05, 0) is 37.2 Å². The first-order chi connectivity index (χ1) is 11.4. The van der Waals surface area contributed by atoms with Crippen molar-refractivity contribution in [2.24, 2.45) is 16.0 Å². The first-order valence-electron chi connectivity index (χ1n) is 7.41. The zero-order valence-electron chi connectivity index (χ0n) is 13.2. The Morgan fingerprint density at radius 1 is 0.913 bits per heavy atom. The molecule has 0 radical (unpaired) electrons. The lowest BCUT2D eigenvalue weighted by molar-refractivity contribution is 0.932. The molecule has 0 bridgehead atoms. The lowest BCUT2D eigenvalue weighted by atomic mass is 10.3. The van der Waals surface area contributed by atoms with Crippen molar-refractivity contribution in [3.8, 4) is 0 Å². The van der Waals surface area contributed by atoms with Gasteiger partial charge < -0.3 is 5.73 Å². The van der Waals surface area contributed by atoms with Crippen LogP contribution in [0, 0.1) is 0 Å². The third kappa shape index (κ3) is 10.1. The normalized spacial score (nSPS) is 9.48. The van der Waals surface area contributed by atoms with E-state index in [0.717, 1.165) is 24.3 Å². The molecule has 3 rings (SSSR count). The van der Waals surface area contributed by atoms with Crippen LogP contribution in [0.1, 0.15) is 13.3 Å². The summed E-state index contributed by atoms with van der Waals surface area (Å²) in [7, 11) is 0. The first-order valence-corrected chi connectivity index (χ1v) is 8.35. The van der Waals surface area contributed by atoms with Crippen molar-refractivity contribution in [1.82, 2.24) is 4.98 Å². The summed E-state index contributed by atoms with van der Waals surface area (Å²) in [5, 5.41) is 10.1. The second-order valence-corrected chi connectivity index (χ2v) is 5.09. The Hall–Kier alpha value is -2.37. The largest absolute Gasteiger partial charge is 0.330 e. The first kappa shape index (κ1) is 18.7. The quantitative estimate of drug-likeness (QED) is 0.637. The van der Waals surface area contributed by atoms with Gasteiger partial charge in [-0.1, -0.05) is 43.3 Å². The summed E-state index contributed by atoms with van der Waals surface area (Å²) in [6.45, 7) is 2.88. The van der Waals surface area contributed by atoms with E-state index in [1.54, 1.807) is 23.0 Å². The summed E-state index contributed by atoms with van der Waals surface area (Å²) >= 11 is 1.60. The van der Waals surface area contributed by atoms with Crippen molar-refractivity contribution >= 4 is 22.7 Å². The molecule has 0 aliphatic heterocycles. The minimum absolute atomic E-state index is 0.819. The summed E-state index contributed by atoms with van der Waals surface area (Å²) < 4.78 is 0. The van der Waals surface area contributed by atoms with E-state index in [1.807, 2.05) is 66.0 Å². The standard InChI is InChI=1S/C12H10N2.C3H3NS.C3H9N/c1-3-7-11(8-4-1)13-14-12-9-5-2-6-10-12;1-2-5-3-4-1;1-2-3-4/h1-10H;1-3H;2-4H2,1H3. The molecule has 0 spiro atoms. The second kappa shape index (κ2) is 13.3. The van der Waals surface area contributed by atoms with E-state index in [2.05, 4.69) is 22.1 Å². The lowest BCUT2D eigenvalue weighted by Gasteiger charge is -1.91. The van der Waals surface area contributed by atoms with Crippen molar-refractivity contribution in [2.45, 2.75) is 13.3 Å².